The Morgan fingerprint density at radius 1 is 1.10 bits per heavy atom. The minimum Gasteiger partial charge on any atom is -0.373 e. The molecule has 2 heteroatoms. The van der Waals surface area contributed by atoms with E-state index in [1.165, 1.54) is 17.5 Å². The van der Waals surface area contributed by atoms with Crippen LogP contribution in [0.2, 0.25) is 0 Å². The van der Waals surface area contributed by atoms with Crippen molar-refractivity contribution in [3.8, 4) is 0 Å². The molecule has 1 aromatic rings. The Kier molecular flexibility index (Phi) is 6.25. The highest BCUT2D eigenvalue weighted by molar-refractivity contribution is 5.25. The van der Waals surface area contributed by atoms with E-state index in [9.17, 15) is 0 Å². The molecule has 2 atom stereocenters. The largest absolute Gasteiger partial charge is 0.373 e. The molecule has 1 aromatic carbocycles. The maximum absolute atomic E-state index is 5.99. The monoisotopic (exact) mass is 289 g/mol. The number of hydrogen-bond acceptors (Lipinski definition) is 2. The summed E-state index contributed by atoms with van der Waals surface area (Å²) in [5.74, 6) is 2.03. The first kappa shape index (κ1) is 16.5. The summed E-state index contributed by atoms with van der Waals surface area (Å²) in [5.41, 5.74) is 2.78. The van der Waals surface area contributed by atoms with Crippen LogP contribution in [0.15, 0.2) is 24.3 Å². The second-order valence-corrected chi connectivity index (χ2v) is 7.23. The zero-order valence-corrected chi connectivity index (χ0v) is 14.1. The summed E-state index contributed by atoms with van der Waals surface area (Å²) < 4.78 is 5.99. The van der Waals surface area contributed by atoms with E-state index in [1.54, 1.807) is 0 Å². The standard InChI is InChI=1S/C19H31NO/c1-14(2)11-16-5-7-17(8-6-16)19-18(9-10-21-19)13-20-12-15(3)4/h5-8,14-15,18-20H,9-13H2,1-4H3. The molecule has 0 aromatic heterocycles. The average molecular weight is 289 g/mol. The summed E-state index contributed by atoms with van der Waals surface area (Å²) in [6.45, 7) is 12.1. The maximum Gasteiger partial charge on any atom is 0.0866 e. The lowest BCUT2D eigenvalue weighted by atomic mass is 9.93. The van der Waals surface area contributed by atoms with Gasteiger partial charge in [0.05, 0.1) is 6.10 Å². The van der Waals surface area contributed by atoms with Crippen molar-refractivity contribution in [1.82, 2.24) is 5.32 Å². The van der Waals surface area contributed by atoms with E-state index >= 15 is 0 Å². The molecule has 1 heterocycles. The van der Waals surface area contributed by atoms with Gasteiger partial charge in [-0.3, -0.25) is 0 Å². The van der Waals surface area contributed by atoms with Crippen LogP contribution in [0.1, 0.15) is 51.3 Å². The van der Waals surface area contributed by atoms with Crippen LogP contribution in [0.5, 0.6) is 0 Å². The first-order chi connectivity index (χ1) is 10.1. The van der Waals surface area contributed by atoms with Gasteiger partial charge in [-0.2, -0.15) is 0 Å². The molecule has 2 unspecified atom stereocenters. The maximum atomic E-state index is 5.99. The number of benzene rings is 1. The van der Waals surface area contributed by atoms with Crippen LogP contribution >= 0.6 is 0 Å². The van der Waals surface area contributed by atoms with Gasteiger partial charge in [-0.1, -0.05) is 52.0 Å². The summed E-state index contributed by atoms with van der Waals surface area (Å²) in [5, 5.41) is 3.58. The molecule has 2 rings (SSSR count). The van der Waals surface area contributed by atoms with Gasteiger partial charge in [0.25, 0.3) is 0 Å². The van der Waals surface area contributed by atoms with E-state index in [0.29, 0.717) is 17.8 Å². The molecule has 0 amide bonds. The second kappa shape index (κ2) is 7.95. The minimum atomic E-state index is 0.276. The molecule has 0 radical (unpaired) electrons. The predicted molar refractivity (Wildman–Crippen MR) is 89.5 cm³/mol. The molecule has 0 aliphatic carbocycles. The van der Waals surface area contributed by atoms with Gasteiger partial charge >= 0.3 is 0 Å². The van der Waals surface area contributed by atoms with Gasteiger partial charge in [0, 0.05) is 19.1 Å². The molecule has 118 valence electrons. The van der Waals surface area contributed by atoms with Crippen LogP contribution in [0.4, 0.5) is 0 Å². The fourth-order valence-electron chi connectivity index (χ4n) is 3.08. The third-order valence-corrected chi connectivity index (χ3v) is 4.13. The Balaban J connectivity index is 1.92. The Bertz CT molecular complexity index is 410. The fraction of sp³-hybridized carbons (Fsp3) is 0.684. The third kappa shape index (κ3) is 5.12. The first-order valence-electron chi connectivity index (χ1n) is 8.47. The van der Waals surface area contributed by atoms with Crippen LogP contribution in [0.25, 0.3) is 0 Å². The van der Waals surface area contributed by atoms with Crippen LogP contribution in [0, 0.1) is 17.8 Å². The summed E-state index contributed by atoms with van der Waals surface area (Å²) in [6.07, 6.45) is 2.60. The van der Waals surface area contributed by atoms with E-state index < -0.39 is 0 Å². The summed E-state index contributed by atoms with van der Waals surface area (Å²) in [6, 6.07) is 9.08. The van der Waals surface area contributed by atoms with E-state index in [1.807, 2.05) is 0 Å². The van der Waals surface area contributed by atoms with Gasteiger partial charge in [-0.15, -0.1) is 0 Å². The van der Waals surface area contributed by atoms with Crippen LogP contribution in [0.3, 0.4) is 0 Å². The Morgan fingerprint density at radius 3 is 2.43 bits per heavy atom. The molecular formula is C19H31NO. The highest BCUT2D eigenvalue weighted by Crippen LogP contribution is 2.34. The molecule has 1 N–H and O–H groups in total. The van der Waals surface area contributed by atoms with Gasteiger partial charge in [-0.25, -0.2) is 0 Å². The Labute approximate surface area is 130 Å². The Morgan fingerprint density at radius 2 is 1.81 bits per heavy atom. The number of rotatable bonds is 7. The van der Waals surface area contributed by atoms with E-state index in [0.717, 1.165) is 26.1 Å². The highest BCUT2D eigenvalue weighted by Gasteiger charge is 2.29. The smallest absolute Gasteiger partial charge is 0.0866 e. The quantitative estimate of drug-likeness (QED) is 0.812. The molecule has 0 bridgehead atoms. The van der Waals surface area contributed by atoms with Crippen molar-refractivity contribution in [1.29, 1.82) is 0 Å². The lowest BCUT2D eigenvalue weighted by Gasteiger charge is -2.20. The van der Waals surface area contributed by atoms with Crippen molar-refractivity contribution in [3.63, 3.8) is 0 Å². The molecule has 1 saturated heterocycles. The first-order valence-corrected chi connectivity index (χ1v) is 8.47. The lowest BCUT2D eigenvalue weighted by molar-refractivity contribution is 0.0903. The van der Waals surface area contributed by atoms with Gasteiger partial charge < -0.3 is 10.1 Å². The summed E-state index contributed by atoms with van der Waals surface area (Å²) in [7, 11) is 0. The molecule has 2 nitrogen and oxygen atoms in total. The average Bonchev–Trinajstić information content (AvgIpc) is 2.87. The van der Waals surface area contributed by atoms with Crippen molar-refractivity contribution >= 4 is 0 Å². The van der Waals surface area contributed by atoms with Crippen LogP contribution in [-0.4, -0.2) is 19.7 Å². The SMILES string of the molecule is CC(C)CNCC1CCOC1c1ccc(CC(C)C)cc1. The second-order valence-electron chi connectivity index (χ2n) is 7.23. The van der Waals surface area contributed by atoms with Gasteiger partial charge in [-0.05, 0) is 42.3 Å². The highest BCUT2D eigenvalue weighted by atomic mass is 16.5. The van der Waals surface area contributed by atoms with Crippen molar-refractivity contribution in [2.45, 2.75) is 46.6 Å². The summed E-state index contributed by atoms with van der Waals surface area (Å²) >= 11 is 0. The van der Waals surface area contributed by atoms with Crippen molar-refractivity contribution in [2.24, 2.45) is 17.8 Å². The minimum absolute atomic E-state index is 0.276. The molecule has 1 fully saturated rings. The van der Waals surface area contributed by atoms with E-state index in [4.69, 9.17) is 4.74 Å². The molecule has 1 aliphatic rings. The Hall–Kier alpha value is -0.860. The summed E-state index contributed by atoms with van der Waals surface area (Å²) in [4.78, 5) is 0. The van der Waals surface area contributed by atoms with Crippen molar-refractivity contribution in [2.75, 3.05) is 19.7 Å². The molecular weight excluding hydrogens is 258 g/mol. The lowest BCUT2D eigenvalue weighted by Crippen LogP contribution is -2.27. The van der Waals surface area contributed by atoms with Crippen molar-refractivity contribution in [3.05, 3.63) is 35.4 Å². The fourth-order valence-corrected chi connectivity index (χ4v) is 3.08. The number of nitrogens with one attached hydrogen (secondary N) is 1. The van der Waals surface area contributed by atoms with Gasteiger partial charge in [0.1, 0.15) is 0 Å². The van der Waals surface area contributed by atoms with Crippen LogP contribution in [-0.2, 0) is 11.2 Å². The molecule has 0 spiro atoms. The normalized spacial score (nSPS) is 22.4. The third-order valence-electron chi connectivity index (χ3n) is 4.13. The predicted octanol–water partition coefficient (Wildman–Crippen LogP) is 4.21. The van der Waals surface area contributed by atoms with Crippen LogP contribution < -0.4 is 5.32 Å². The van der Waals surface area contributed by atoms with Gasteiger partial charge in [0.2, 0.25) is 0 Å². The zero-order valence-electron chi connectivity index (χ0n) is 14.1. The topological polar surface area (TPSA) is 21.3 Å². The van der Waals surface area contributed by atoms with E-state index in [-0.39, 0.29) is 6.10 Å². The number of ether oxygens (including phenoxy) is 1. The number of hydrogen-bond donors (Lipinski definition) is 1. The zero-order chi connectivity index (χ0) is 15.2. The van der Waals surface area contributed by atoms with E-state index in [2.05, 4.69) is 57.3 Å². The van der Waals surface area contributed by atoms with Crippen molar-refractivity contribution < 1.29 is 4.74 Å². The molecule has 1 aliphatic heterocycles. The van der Waals surface area contributed by atoms with Gasteiger partial charge in [0.15, 0.2) is 0 Å². The molecule has 0 saturated carbocycles. The molecule has 21 heavy (non-hydrogen) atoms.